The normalized spacial score (nSPS) is 11.9. The summed E-state index contributed by atoms with van der Waals surface area (Å²) in [6.45, 7) is 7.55. The summed E-state index contributed by atoms with van der Waals surface area (Å²) in [4.78, 5) is 30.8. The number of nitrogens with zero attached hydrogens (tertiary/aromatic N) is 1. The highest BCUT2D eigenvalue weighted by Gasteiger charge is 2.23. The summed E-state index contributed by atoms with van der Waals surface area (Å²) in [5, 5.41) is 0.709. The molecule has 160 valence electrons. The Balaban J connectivity index is 1.71. The molecule has 0 bridgehead atoms. The largest absolute Gasteiger partial charge is 0.451 e. The van der Waals surface area contributed by atoms with Crippen molar-refractivity contribution in [2.75, 3.05) is 0 Å². The predicted octanol–water partition coefficient (Wildman–Crippen LogP) is 6.26. The summed E-state index contributed by atoms with van der Waals surface area (Å²) >= 11 is 0. The maximum absolute atomic E-state index is 13.2. The van der Waals surface area contributed by atoms with E-state index in [-0.39, 0.29) is 5.78 Å². The number of ketones is 1. The molecule has 0 aliphatic carbocycles. The first-order valence-corrected chi connectivity index (χ1v) is 10.6. The molecule has 0 radical (unpaired) electrons. The van der Waals surface area contributed by atoms with E-state index >= 15 is 0 Å². The van der Waals surface area contributed by atoms with Crippen LogP contribution in [0.3, 0.4) is 0 Å². The van der Waals surface area contributed by atoms with Gasteiger partial charge in [0.2, 0.25) is 5.78 Å². The van der Waals surface area contributed by atoms with Gasteiger partial charge in [0, 0.05) is 16.5 Å². The lowest BCUT2D eigenvalue weighted by molar-refractivity contribution is 0.0320. The van der Waals surface area contributed by atoms with E-state index in [9.17, 15) is 9.59 Å². The van der Waals surface area contributed by atoms with Gasteiger partial charge in [0.1, 0.15) is 0 Å². The third-order valence-electron chi connectivity index (χ3n) is 5.60. The average Bonchev–Trinajstić information content (AvgIpc) is 2.79. The monoisotopic (exact) mass is 423 g/mol. The predicted molar refractivity (Wildman–Crippen MR) is 127 cm³/mol. The third kappa shape index (κ3) is 4.30. The second kappa shape index (κ2) is 8.75. The molecule has 4 rings (SSSR count). The number of hydrogen-bond donors (Lipinski definition) is 0. The molecule has 1 aromatic heterocycles. The van der Waals surface area contributed by atoms with Crippen molar-refractivity contribution in [2.24, 2.45) is 0 Å². The molecule has 0 saturated heterocycles. The van der Waals surface area contributed by atoms with Crippen molar-refractivity contribution in [3.63, 3.8) is 0 Å². The average molecular weight is 424 g/mol. The standard InChI is InChI=1S/C28H25NO3/c1-17-8-12-21(13-9-17)25-16-24(23-7-5-6-19(3)26(23)29-25)28(31)32-20(4)27(30)22-14-10-18(2)11-15-22/h5-16,20H,1-4H3/t20-/m0/s1. The van der Waals surface area contributed by atoms with E-state index in [2.05, 4.69) is 0 Å². The number of pyridine rings is 1. The highest BCUT2D eigenvalue weighted by Crippen LogP contribution is 2.28. The first-order chi connectivity index (χ1) is 15.3. The Kier molecular flexibility index (Phi) is 5.87. The molecule has 4 heteroatoms. The minimum atomic E-state index is -0.902. The van der Waals surface area contributed by atoms with E-state index in [1.165, 1.54) is 0 Å². The van der Waals surface area contributed by atoms with Crippen LogP contribution in [0, 0.1) is 20.8 Å². The van der Waals surface area contributed by atoms with E-state index in [0.717, 1.165) is 27.8 Å². The second-order valence-electron chi connectivity index (χ2n) is 8.17. The number of aryl methyl sites for hydroxylation is 3. The van der Waals surface area contributed by atoms with E-state index in [4.69, 9.17) is 9.72 Å². The van der Waals surface area contributed by atoms with Gasteiger partial charge < -0.3 is 4.74 Å². The number of benzene rings is 3. The molecule has 0 saturated carbocycles. The van der Waals surface area contributed by atoms with Crippen LogP contribution in [-0.2, 0) is 4.74 Å². The molecule has 1 heterocycles. The summed E-state index contributed by atoms with van der Waals surface area (Å²) in [7, 11) is 0. The molecule has 0 aliphatic rings. The maximum Gasteiger partial charge on any atom is 0.339 e. The van der Waals surface area contributed by atoms with Gasteiger partial charge in [-0.1, -0.05) is 77.9 Å². The molecular weight excluding hydrogens is 398 g/mol. The summed E-state index contributed by atoms with van der Waals surface area (Å²) in [5.74, 6) is -0.768. The van der Waals surface area contributed by atoms with Gasteiger partial charge in [0.25, 0.3) is 0 Å². The first-order valence-electron chi connectivity index (χ1n) is 10.6. The SMILES string of the molecule is Cc1ccc(C(=O)[C@H](C)OC(=O)c2cc(-c3ccc(C)cc3)nc3c(C)cccc23)cc1. The Morgan fingerprint density at radius 1 is 0.844 bits per heavy atom. The maximum atomic E-state index is 13.2. The quantitative estimate of drug-likeness (QED) is 0.281. The minimum Gasteiger partial charge on any atom is -0.451 e. The van der Waals surface area contributed by atoms with Gasteiger partial charge in [-0.2, -0.15) is 0 Å². The molecule has 0 fully saturated rings. The molecule has 0 amide bonds. The van der Waals surface area contributed by atoms with Crippen LogP contribution in [0.1, 0.15) is 44.3 Å². The Morgan fingerprint density at radius 2 is 1.47 bits per heavy atom. The number of hydrogen-bond acceptors (Lipinski definition) is 4. The number of aromatic nitrogens is 1. The fourth-order valence-corrected chi connectivity index (χ4v) is 3.66. The molecule has 0 unspecified atom stereocenters. The smallest absolute Gasteiger partial charge is 0.339 e. The van der Waals surface area contributed by atoms with Crippen LogP contribution in [-0.4, -0.2) is 22.8 Å². The number of carbonyl (C=O) groups is 2. The van der Waals surface area contributed by atoms with Crippen molar-refractivity contribution >= 4 is 22.7 Å². The minimum absolute atomic E-state index is 0.230. The van der Waals surface area contributed by atoms with E-state index in [1.54, 1.807) is 25.1 Å². The lowest BCUT2D eigenvalue weighted by Gasteiger charge is -2.15. The molecule has 4 aromatic rings. The van der Waals surface area contributed by atoms with Crippen molar-refractivity contribution in [3.05, 3.63) is 101 Å². The van der Waals surface area contributed by atoms with Crippen LogP contribution in [0.2, 0.25) is 0 Å². The van der Waals surface area contributed by atoms with Gasteiger partial charge in [0.05, 0.1) is 16.8 Å². The van der Waals surface area contributed by atoms with Crippen LogP contribution in [0.15, 0.2) is 72.8 Å². The van der Waals surface area contributed by atoms with Crippen LogP contribution in [0.25, 0.3) is 22.2 Å². The van der Waals surface area contributed by atoms with Crippen molar-refractivity contribution in [2.45, 2.75) is 33.8 Å². The van der Waals surface area contributed by atoms with Gasteiger partial charge >= 0.3 is 5.97 Å². The molecular formula is C28H25NO3. The Hall–Kier alpha value is -3.79. The fourth-order valence-electron chi connectivity index (χ4n) is 3.66. The lowest BCUT2D eigenvalue weighted by atomic mass is 10.0. The zero-order valence-electron chi connectivity index (χ0n) is 18.7. The molecule has 1 atom stereocenters. The third-order valence-corrected chi connectivity index (χ3v) is 5.60. The molecule has 4 nitrogen and oxygen atoms in total. The summed E-state index contributed by atoms with van der Waals surface area (Å²) in [6.07, 6.45) is -0.902. The lowest BCUT2D eigenvalue weighted by Crippen LogP contribution is -2.24. The summed E-state index contributed by atoms with van der Waals surface area (Å²) in [6, 6.07) is 22.7. The molecule has 0 spiro atoms. The summed E-state index contributed by atoms with van der Waals surface area (Å²) in [5.41, 5.74) is 6.45. The van der Waals surface area contributed by atoms with E-state index in [1.807, 2.05) is 75.4 Å². The van der Waals surface area contributed by atoms with Crippen molar-refractivity contribution < 1.29 is 14.3 Å². The number of ether oxygens (including phenoxy) is 1. The van der Waals surface area contributed by atoms with Gasteiger partial charge in [-0.05, 0) is 39.3 Å². The Bertz CT molecular complexity index is 1310. The Morgan fingerprint density at radius 3 is 2.12 bits per heavy atom. The van der Waals surface area contributed by atoms with Crippen LogP contribution in [0.4, 0.5) is 0 Å². The highest BCUT2D eigenvalue weighted by atomic mass is 16.5. The van der Waals surface area contributed by atoms with Crippen molar-refractivity contribution in [1.82, 2.24) is 4.98 Å². The molecule has 0 aliphatic heterocycles. The number of carbonyl (C=O) groups excluding carboxylic acids is 2. The van der Waals surface area contributed by atoms with E-state index in [0.29, 0.717) is 22.2 Å². The zero-order chi connectivity index (χ0) is 22.8. The number of para-hydroxylation sites is 1. The highest BCUT2D eigenvalue weighted by molar-refractivity contribution is 6.07. The molecule has 3 aromatic carbocycles. The van der Waals surface area contributed by atoms with Crippen LogP contribution in [0.5, 0.6) is 0 Å². The summed E-state index contributed by atoms with van der Waals surface area (Å²) < 4.78 is 5.62. The number of Topliss-reactive ketones (excluding diaryl/α,β-unsaturated/α-hetero) is 1. The van der Waals surface area contributed by atoms with Crippen LogP contribution < -0.4 is 0 Å². The van der Waals surface area contributed by atoms with Gasteiger partial charge in [-0.15, -0.1) is 0 Å². The number of fused-ring (bicyclic) bond motifs is 1. The van der Waals surface area contributed by atoms with Gasteiger partial charge in [0.15, 0.2) is 6.10 Å². The number of rotatable bonds is 5. The number of esters is 1. The first kappa shape index (κ1) is 21.4. The topological polar surface area (TPSA) is 56.3 Å². The van der Waals surface area contributed by atoms with E-state index < -0.39 is 12.1 Å². The molecule has 0 N–H and O–H groups in total. The Labute approximate surface area is 187 Å². The molecule has 32 heavy (non-hydrogen) atoms. The van der Waals surface area contributed by atoms with Crippen LogP contribution >= 0.6 is 0 Å². The second-order valence-corrected chi connectivity index (χ2v) is 8.17. The van der Waals surface area contributed by atoms with Gasteiger partial charge in [-0.3, -0.25) is 4.79 Å². The van der Waals surface area contributed by atoms with Crippen molar-refractivity contribution in [1.29, 1.82) is 0 Å². The van der Waals surface area contributed by atoms with Crippen molar-refractivity contribution in [3.8, 4) is 11.3 Å². The fraction of sp³-hybridized carbons (Fsp3) is 0.179. The van der Waals surface area contributed by atoms with Gasteiger partial charge in [-0.25, -0.2) is 9.78 Å². The zero-order valence-corrected chi connectivity index (χ0v) is 18.7.